The van der Waals surface area contributed by atoms with Crippen LogP contribution >= 0.6 is 0 Å². The van der Waals surface area contributed by atoms with Crippen LogP contribution in [0.5, 0.6) is 0 Å². The molecule has 0 radical (unpaired) electrons. The van der Waals surface area contributed by atoms with E-state index < -0.39 is 0 Å². The molecule has 1 aromatic rings. The first-order valence-corrected chi connectivity index (χ1v) is 7.20. The smallest absolute Gasteiger partial charge is 0.0701 e. The maximum Gasteiger partial charge on any atom is 0.0701 e. The lowest BCUT2D eigenvalue weighted by atomic mass is 10.1. The van der Waals surface area contributed by atoms with Crippen molar-refractivity contribution in [3.8, 4) is 0 Å². The first kappa shape index (κ1) is 16.2. The summed E-state index contributed by atoms with van der Waals surface area (Å²) in [4.78, 5) is 0. The van der Waals surface area contributed by atoms with Gasteiger partial charge in [-0.1, -0.05) is 37.3 Å². The second-order valence-electron chi connectivity index (χ2n) is 4.74. The summed E-state index contributed by atoms with van der Waals surface area (Å²) in [6, 6.07) is 11.0. The lowest BCUT2D eigenvalue weighted by molar-refractivity contribution is 0.0575. The monoisotopic (exact) mass is 265 g/mol. The molecule has 0 aromatic heterocycles. The van der Waals surface area contributed by atoms with Crippen LogP contribution in [0.25, 0.3) is 0 Å². The van der Waals surface area contributed by atoms with Gasteiger partial charge in [-0.25, -0.2) is 0 Å². The quantitative estimate of drug-likeness (QED) is 0.624. The highest BCUT2D eigenvalue weighted by Gasteiger charge is 2.08. The Morgan fingerprint density at radius 2 is 1.95 bits per heavy atom. The molecule has 3 nitrogen and oxygen atoms in total. The van der Waals surface area contributed by atoms with E-state index in [0.717, 1.165) is 32.4 Å². The maximum atomic E-state index is 5.63. The van der Waals surface area contributed by atoms with Crippen molar-refractivity contribution in [3.05, 3.63) is 35.9 Å². The van der Waals surface area contributed by atoms with Crippen LogP contribution in [0.1, 0.15) is 25.3 Å². The molecule has 0 saturated heterocycles. The Hall–Kier alpha value is -0.900. The van der Waals surface area contributed by atoms with Gasteiger partial charge in [0.1, 0.15) is 0 Å². The maximum absolute atomic E-state index is 5.63. The molecule has 3 heteroatoms. The predicted octanol–water partition coefficient (Wildman–Crippen LogP) is 2.65. The molecule has 1 unspecified atom stereocenters. The lowest BCUT2D eigenvalue weighted by Gasteiger charge is -2.18. The van der Waals surface area contributed by atoms with Gasteiger partial charge in [0.2, 0.25) is 0 Å². The van der Waals surface area contributed by atoms with E-state index in [1.54, 1.807) is 7.11 Å². The van der Waals surface area contributed by atoms with Crippen molar-refractivity contribution >= 4 is 0 Å². The average molecular weight is 265 g/mol. The Bertz CT molecular complexity index is 303. The SMILES string of the molecule is CCCNC(CCc1ccccc1)COCCOC. The molecule has 1 rings (SSSR count). The fraction of sp³-hybridized carbons (Fsp3) is 0.625. The molecular formula is C16H27NO2. The van der Waals surface area contributed by atoms with E-state index in [1.165, 1.54) is 5.56 Å². The molecule has 0 aliphatic rings. The van der Waals surface area contributed by atoms with Gasteiger partial charge in [0.05, 0.1) is 19.8 Å². The molecule has 0 fully saturated rings. The average Bonchev–Trinajstić information content (AvgIpc) is 2.46. The molecule has 1 aromatic carbocycles. The van der Waals surface area contributed by atoms with Gasteiger partial charge >= 0.3 is 0 Å². The van der Waals surface area contributed by atoms with E-state index in [-0.39, 0.29) is 0 Å². The van der Waals surface area contributed by atoms with Gasteiger partial charge in [-0.2, -0.15) is 0 Å². The van der Waals surface area contributed by atoms with Crippen LogP contribution in [0.4, 0.5) is 0 Å². The summed E-state index contributed by atoms with van der Waals surface area (Å²) < 4.78 is 10.6. The third kappa shape index (κ3) is 7.98. The van der Waals surface area contributed by atoms with Crippen molar-refractivity contribution in [1.82, 2.24) is 5.32 Å². The third-order valence-electron chi connectivity index (χ3n) is 3.06. The molecule has 0 spiro atoms. The Labute approximate surface area is 117 Å². The normalized spacial score (nSPS) is 12.5. The minimum absolute atomic E-state index is 0.428. The van der Waals surface area contributed by atoms with Gasteiger partial charge < -0.3 is 14.8 Å². The highest BCUT2D eigenvalue weighted by atomic mass is 16.5. The first-order chi connectivity index (χ1) is 9.36. The number of benzene rings is 1. The van der Waals surface area contributed by atoms with Crippen LogP contribution < -0.4 is 5.32 Å². The largest absolute Gasteiger partial charge is 0.382 e. The zero-order chi connectivity index (χ0) is 13.8. The van der Waals surface area contributed by atoms with E-state index in [4.69, 9.17) is 9.47 Å². The highest BCUT2D eigenvalue weighted by Crippen LogP contribution is 2.05. The Morgan fingerprint density at radius 1 is 1.16 bits per heavy atom. The standard InChI is InChI=1S/C16H27NO2/c1-3-11-17-16(14-19-13-12-18-2)10-9-15-7-5-4-6-8-15/h4-8,16-17H,3,9-14H2,1-2H3. The van der Waals surface area contributed by atoms with Crippen LogP contribution in [-0.2, 0) is 15.9 Å². The summed E-state index contributed by atoms with van der Waals surface area (Å²) in [7, 11) is 1.70. The highest BCUT2D eigenvalue weighted by molar-refractivity contribution is 5.14. The van der Waals surface area contributed by atoms with Crippen LogP contribution in [0.3, 0.4) is 0 Å². The van der Waals surface area contributed by atoms with Gasteiger partial charge in [0.15, 0.2) is 0 Å². The van der Waals surface area contributed by atoms with Crippen molar-refractivity contribution in [3.63, 3.8) is 0 Å². The lowest BCUT2D eigenvalue weighted by Crippen LogP contribution is -2.35. The number of rotatable bonds is 11. The van der Waals surface area contributed by atoms with E-state index in [1.807, 2.05) is 0 Å². The number of aryl methyl sites for hydroxylation is 1. The Morgan fingerprint density at radius 3 is 2.63 bits per heavy atom. The van der Waals surface area contributed by atoms with Gasteiger partial charge in [-0.05, 0) is 31.4 Å². The van der Waals surface area contributed by atoms with Gasteiger partial charge in [0.25, 0.3) is 0 Å². The summed E-state index contributed by atoms with van der Waals surface area (Å²) in [5.41, 5.74) is 1.39. The molecule has 0 heterocycles. The van der Waals surface area contributed by atoms with Crippen molar-refractivity contribution in [1.29, 1.82) is 0 Å². The van der Waals surface area contributed by atoms with Crippen molar-refractivity contribution in [2.24, 2.45) is 0 Å². The summed E-state index contributed by atoms with van der Waals surface area (Å²) in [6.07, 6.45) is 3.35. The summed E-state index contributed by atoms with van der Waals surface area (Å²) >= 11 is 0. The van der Waals surface area contributed by atoms with Crippen molar-refractivity contribution in [2.45, 2.75) is 32.2 Å². The molecular weight excluding hydrogens is 238 g/mol. The number of ether oxygens (including phenoxy) is 2. The molecule has 1 N–H and O–H groups in total. The topological polar surface area (TPSA) is 30.5 Å². The second kappa shape index (κ2) is 11.0. The molecule has 0 aliphatic carbocycles. The molecule has 19 heavy (non-hydrogen) atoms. The number of hydrogen-bond acceptors (Lipinski definition) is 3. The minimum Gasteiger partial charge on any atom is -0.382 e. The fourth-order valence-corrected chi connectivity index (χ4v) is 1.95. The summed E-state index contributed by atoms with van der Waals surface area (Å²) in [6.45, 7) is 5.33. The van der Waals surface area contributed by atoms with Crippen LogP contribution in [0, 0.1) is 0 Å². The van der Waals surface area contributed by atoms with Crippen LogP contribution in [0.2, 0.25) is 0 Å². The van der Waals surface area contributed by atoms with E-state index in [0.29, 0.717) is 19.3 Å². The third-order valence-corrected chi connectivity index (χ3v) is 3.06. The zero-order valence-corrected chi connectivity index (χ0v) is 12.2. The number of methoxy groups -OCH3 is 1. The van der Waals surface area contributed by atoms with Crippen molar-refractivity contribution in [2.75, 3.05) is 33.5 Å². The first-order valence-electron chi connectivity index (χ1n) is 7.20. The van der Waals surface area contributed by atoms with Gasteiger partial charge in [0, 0.05) is 13.2 Å². The van der Waals surface area contributed by atoms with Crippen LogP contribution in [0.15, 0.2) is 30.3 Å². The van der Waals surface area contributed by atoms with E-state index >= 15 is 0 Å². The van der Waals surface area contributed by atoms with E-state index in [9.17, 15) is 0 Å². The number of nitrogens with one attached hydrogen (secondary N) is 1. The molecule has 1 atom stereocenters. The van der Waals surface area contributed by atoms with Crippen LogP contribution in [-0.4, -0.2) is 39.5 Å². The molecule has 0 bridgehead atoms. The summed E-state index contributed by atoms with van der Waals surface area (Å²) in [5.74, 6) is 0. The van der Waals surface area contributed by atoms with Gasteiger partial charge in [-0.15, -0.1) is 0 Å². The minimum atomic E-state index is 0.428. The molecule has 0 aliphatic heterocycles. The van der Waals surface area contributed by atoms with Gasteiger partial charge in [-0.3, -0.25) is 0 Å². The van der Waals surface area contributed by atoms with Crippen molar-refractivity contribution < 1.29 is 9.47 Å². The Kier molecular flexibility index (Phi) is 9.33. The molecule has 0 saturated carbocycles. The predicted molar refractivity (Wildman–Crippen MR) is 79.5 cm³/mol. The second-order valence-corrected chi connectivity index (χ2v) is 4.74. The summed E-state index contributed by atoms with van der Waals surface area (Å²) in [5, 5.41) is 3.55. The molecule has 108 valence electrons. The number of hydrogen-bond donors (Lipinski definition) is 1. The van der Waals surface area contributed by atoms with E-state index in [2.05, 4.69) is 42.6 Å². The zero-order valence-electron chi connectivity index (χ0n) is 12.2. The Balaban J connectivity index is 2.27. The fourth-order valence-electron chi connectivity index (χ4n) is 1.95. The molecule has 0 amide bonds.